The highest BCUT2D eigenvalue weighted by molar-refractivity contribution is 9.10. The molecular weight excluding hydrogens is 335 g/mol. The van der Waals surface area contributed by atoms with Gasteiger partial charge in [-0.25, -0.2) is 9.37 Å². The molecule has 1 aromatic carbocycles. The quantitative estimate of drug-likeness (QED) is 0.816. The van der Waals surface area contributed by atoms with Gasteiger partial charge in [-0.05, 0) is 70.9 Å². The molecule has 1 unspecified atom stereocenters. The standard InChI is InChI=1S/C16H16BrFN2O/c17-11-7-15(16(19)20-9-11)21-14-4-2-1-3-10-5-6-12(18)8-13(10)14/h5-9,14H,1-4H2,(H2,19,20). The highest BCUT2D eigenvalue weighted by Gasteiger charge is 2.22. The van der Waals surface area contributed by atoms with Crippen molar-refractivity contribution in [3.8, 4) is 5.75 Å². The second-order valence-electron chi connectivity index (χ2n) is 5.23. The summed E-state index contributed by atoms with van der Waals surface area (Å²) in [5, 5.41) is 0. The van der Waals surface area contributed by atoms with Crippen molar-refractivity contribution in [2.45, 2.75) is 31.8 Å². The number of ether oxygens (including phenoxy) is 1. The van der Waals surface area contributed by atoms with Gasteiger partial charge in [0.25, 0.3) is 0 Å². The van der Waals surface area contributed by atoms with Crippen LogP contribution in [0.4, 0.5) is 10.2 Å². The van der Waals surface area contributed by atoms with Gasteiger partial charge in [-0.3, -0.25) is 0 Å². The van der Waals surface area contributed by atoms with Crippen molar-refractivity contribution in [2.75, 3.05) is 5.73 Å². The number of fused-ring (bicyclic) bond motifs is 1. The number of aryl methyl sites for hydroxylation is 1. The molecule has 1 aliphatic rings. The first-order chi connectivity index (χ1) is 10.1. The first-order valence-corrected chi connectivity index (χ1v) is 7.79. The molecule has 110 valence electrons. The van der Waals surface area contributed by atoms with E-state index >= 15 is 0 Å². The third kappa shape index (κ3) is 3.18. The molecule has 3 rings (SSSR count). The molecule has 2 aromatic rings. The summed E-state index contributed by atoms with van der Waals surface area (Å²) < 4.78 is 20.4. The van der Waals surface area contributed by atoms with Crippen LogP contribution in [-0.2, 0) is 6.42 Å². The van der Waals surface area contributed by atoms with Gasteiger partial charge in [-0.1, -0.05) is 6.07 Å². The summed E-state index contributed by atoms with van der Waals surface area (Å²) >= 11 is 3.36. The number of hydrogen-bond donors (Lipinski definition) is 1. The first kappa shape index (κ1) is 14.3. The molecule has 0 saturated carbocycles. The molecule has 2 N–H and O–H groups in total. The van der Waals surface area contributed by atoms with Gasteiger partial charge >= 0.3 is 0 Å². The molecule has 0 fully saturated rings. The van der Waals surface area contributed by atoms with Crippen molar-refractivity contribution >= 4 is 21.7 Å². The Bertz CT molecular complexity index is 663. The molecule has 0 radical (unpaired) electrons. The van der Waals surface area contributed by atoms with Gasteiger partial charge in [0.15, 0.2) is 11.6 Å². The predicted octanol–water partition coefficient (Wildman–Crippen LogP) is 4.41. The van der Waals surface area contributed by atoms with Crippen LogP contribution in [0, 0.1) is 5.82 Å². The summed E-state index contributed by atoms with van der Waals surface area (Å²) in [5.74, 6) is 0.650. The number of nitrogens with zero attached hydrogens (tertiary/aromatic N) is 1. The first-order valence-electron chi connectivity index (χ1n) is 6.99. The van der Waals surface area contributed by atoms with Gasteiger partial charge in [0, 0.05) is 10.7 Å². The van der Waals surface area contributed by atoms with Crippen LogP contribution in [0.3, 0.4) is 0 Å². The highest BCUT2D eigenvalue weighted by atomic mass is 79.9. The third-order valence-electron chi connectivity index (χ3n) is 3.73. The van der Waals surface area contributed by atoms with Crippen molar-refractivity contribution in [3.05, 3.63) is 51.9 Å². The van der Waals surface area contributed by atoms with Crippen molar-refractivity contribution in [2.24, 2.45) is 0 Å². The summed E-state index contributed by atoms with van der Waals surface area (Å²) in [7, 11) is 0. The summed E-state index contributed by atoms with van der Waals surface area (Å²) in [6.45, 7) is 0. The SMILES string of the molecule is Nc1ncc(Br)cc1OC1CCCCc2ccc(F)cc21. The lowest BCUT2D eigenvalue weighted by Gasteiger charge is -2.20. The van der Waals surface area contributed by atoms with E-state index in [-0.39, 0.29) is 11.9 Å². The van der Waals surface area contributed by atoms with Crippen molar-refractivity contribution in [3.63, 3.8) is 0 Å². The Kier molecular flexibility index (Phi) is 4.10. The largest absolute Gasteiger partial charge is 0.482 e. The minimum Gasteiger partial charge on any atom is -0.482 e. The van der Waals surface area contributed by atoms with Crippen LogP contribution in [0.5, 0.6) is 5.75 Å². The molecule has 0 saturated heterocycles. The van der Waals surface area contributed by atoms with E-state index in [0.29, 0.717) is 11.6 Å². The molecule has 21 heavy (non-hydrogen) atoms. The molecule has 1 atom stereocenters. The summed E-state index contributed by atoms with van der Waals surface area (Å²) in [5.41, 5.74) is 7.94. The number of benzene rings is 1. The fraction of sp³-hybridized carbons (Fsp3) is 0.312. The third-order valence-corrected chi connectivity index (χ3v) is 4.17. The monoisotopic (exact) mass is 350 g/mol. The fourth-order valence-electron chi connectivity index (χ4n) is 2.70. The van der Waals surface area contributed by atoms with Crippen molar-refractivity contribution in [1.29, 1.82) is 0 Å². The lowest BCUT2D eigenvalue weighted by Crippen LogP contribution is -2.10. The lowest BCUT2D eigenvalue weighted by molar-refractivity contribution is 0.194. The van der Waals surface area contributed by atoms with E-state index in [9.17, 15) is 4.39 Å². The van der Waals surface area contributed by atoms with Crippen LogP contribution in [0.25, 0.3) is 0 Å². The van der Waals surface area contributed by atoms with Crippen LogP contribution in [0.15, 0.2) is 34.9 Å². The van der Waals surface area contributed by atoms with Gasteiger partial charge in [0.2, 0.25) is 0 Å². The smallest absolute Gasteiger partial charge is 0.166 e. The molecule has 1 aromatic heterocycles. The average molecular weight is 351 g/mol. The second kappa shape index (κ2) is 6.02. The molecular formula is C16H16BrFN2O. The minimum atomic E-state index is -0.232. The number of aromatic nitrogens is 1. The Morgan fingerprint density at radius 3 is 3.00 bits per heavy atom. The maximum absolute atomic E-state index is 13.6. The number of rotatable bonds is 2. The molecule has 1 heterocycles. The summed E-state index contributed by atoms with van der Waals surface area (Å²) in [6, 6.07) is 6.74. The van der Waals surface area contributed by atoms with Crippen LogP contribution < -0.4 is 10.5 Å². The summed E-state index contributed by atoms with van der Waals surface area (Å²) in [4.78, 5) is 4.07. The van der Waals surface area contributed by atoms with E-state index in [2.05, 4.69) is 20.9 Å². The van der Waals surface area contributed by atoms with E-state index in [1.165, 1.54) is 6.07 Å². The fourth-order valence-corrected chi connectivity index (χ4v) is 3.01. The van der Waals surface area contributed by atoms with E-state index in [4.69, 9.17) is 10.5 Å². The number of anilines is 1. The number of pyridine rings is 1. The molecule has 5 heteroatoms. The minimum absolute atomic E-state index is 0.184. The predicted molar refractivity (Wildman–Crippen MR) is 83.7 cm³/mol. The van der Waals surface area contributed by atoms with Gasteiger partial charge < -0.3 is 10.5 Å². The summed E-state index contributed by atoms with van der Waals surface area (Å²) in [6.07, 6.45) is 5.39. The van der Waals surface area contributed by atoms with E-state index in [1.54, 1.807) is 18.3 Å². The Morgan fingerprint density at radius 2 is 2.14 bits per heavy atom. The zero-order valence-electron chi connectivity index (χ0n) is 11.5. The topological polar surface area (TPSA) is 48.1 Å². The maximum atomic E-state index is 13.6. The Morgan fingerprint density at radius 1 is 1.29 bits per heavy atom. The second-order valence-corrected chi connectivity index (χ2v) is 6.15. The van der Waals surface area contributed by atoms with Crippen LogP contribution >= 0.6 is 15.9 Å². The molecule has 0 aliphatic heterocycles. The molecule has 3 nitrogen and oxygen atoms in total. The van der Waals surface area contributed by atoms with Gasteiger partial charge in [0.05, 0.1) is 0 Å². The number of nitrogen functional groups attached to an aromatic ring is 1. The zero-order chi connectivity index (χ0) is 14.8. The highest BCUT2D eigenvalue weighted by Crippen LogP contribution is 2.35. The maximum Gasteiger partial charge on any atom is 0.166 e. The lowest BCUT2D eigenvalue weighted by atomic mass is 10.0. The molecule has 0 spiro atoms. The molecule has 0 amide bonds. The van der Waals surface area contributed by atoms with Crippen LogP contribution in [-0.4, -0.2) is 4.98 Å². The number of nitrogens with two attached hydrogens (primary N) is 1. The zero-order valence-corrected chi connectivity index (χ0v) is 13.1. The van der Waals surface area contributed by atoms with E-state index < -0.39 is 0 Å². The van der Waals surface area contributed by atoms with E-state index in [0.717, 1.165) is 41.3 Å². The molecule has 1 aliphatic carbocycles. The van der Waals surface area contributed by atoms with Gasteiger partial charge in [-0.2, -0.15) is 0 Å². The van der Waals surface area contributed by atoms with Crippen LogP contribution in [0.2, 0.25) is 0 Å². The van der Waals surface area contributed by atoms with Gasteiger partial charge in [-0.15, -0.1) is 0 Å². The van der Waals surface area contributed by atoms with Crippen molar-refractivity contribution < 1.29 is 9.13 Å². The Hall–Kier alpha value is -1.62. The average Bonchev–Trinajstić information content (AvgIpc) is 2.65. The molecule has 0 bridgehead atoms. The Balaban J connectivity index is 1.95. The Labute approximate surface area is 131 Å². The van der Waals surface area contributed by atoms with Gasteiger partial charge in [0.1, 0.15) is 11.9 Å². The van der Waals surface area contributed by atoms with Crippen molar-refractivity contribution in [1.82, 2.24) is 4.98 Å². The van der Waals surface area contributed by atoms with E-state index in [1.807, 2.05) is 6.07 Å². The normalized spacial score (nSPS) is 17.9. The number of halogens is 2. The van der Waals surface area contributed by atoms with Crippen LogP contribution in [0.1, 0.15) is 36.5 Å². The number of hydrogen-bond acceptors (Lipinski definition) is 3.